The number of hydrogen-bond acceptors (Lipinski definition) is 6. The van der Waals surface area contributed by atoms with E-state index in [0.717, 1.165) is 18.0 Å². The molecule has 0 spiro atoms. The number of nitrogens with one attached hydrogen (secondary N) is 2. The summed E-state index contributed by atoms with van der Waals surface area (Å²) < 4.78 is 3.92. The van der Waals surface area contributed by atoms with Crippen LogP contribution in [-0.2, 0) is 0 Å². The van der Waals surface area contributed by atoms with Crippen molar-refractivity contribution < 1.29 is 9.90 Å². The number of carbonyl (C=O) groups excluding carboxylic acids is 1. The second kappa shape index (κ2) is 5.66. The Kier molecular flexibility index (Phi) is 4.51. The first-order valence-corrected chi connectivity index (χ1v) is 5.76. The van der Waals surface area contributed by atoms with Crippen molar-refractivity contribution in [3.8, 4) is 0 Å². The van der Waals surface area contributed by atoms with E-state index in [1.165, 1.54) is 7.05 Å². The second-order valence-electron chi connectivity index (χ2n) is 3.28. The van der Waals surface area contributed by atoms with E-state index in [-0.39, 0.29) is 24.4 Å². The quantitative estimate of drug-likeness (QED) is 0.595. The Bertz CT molecular complexity index is 362. The first-order valence-electron chi connectivity index (χ1n) is 4.98. The third-order valence-corrected chi connectivity index (χ3v) is 3.01. The van der Waals surface area contributed by atoms with E-state index in [2.05, 4.69) is 15.0 Å². The molecule has 7 heteroatoms. The van der Waals surface area contributed by atoms with Gasteiger partial charge in [0, 0.05) is 13.1 Å². The molecule has 0 fully saturated rings. The summed E-state index contributed by atoms with van der Waals surface area (Å²) in [6, 6.07) is -0.0942. The molecule has 1 aromatic rings. The lowest BCUT2D eigenvalue weighted by molar-refractivity contribution is 0.0965. The van der Waals surface area contributed by atoms with Crippen LogP contribution in [0.4, 0.5) is 10.8 Å². The fraction of sp³-hybridized carbons (Fsp3) is 0.556. The fourth-order valence-electron chi connectivity index (χ4n) is 1.21. The molecule has 1 atom stereocenters. The molecule has 16 heavy (non-hydrogen) atoms. The summed E-state index contributed by atoms with van der Waals surface area (Å²) in [6.45, 7) is 1.94. The number of aliphatic hydroxyl groups is 1. The van der Waals surface area contributed by atoms with Crippen molar-refractivity contribution in [3.05, 3.63) is 5.56 Å². The van der Waals surface area contributed by atoms with Gasteiger partial charge in [-0.2, -0.15) is 4.37 Å². The van der Waals surface area contributed by atoms with Crippen molar-refractivity contribution in [1.82, 2.24) is 9.69 Å². The van der Waals surface area contributed by atoms with Gasteiger partial charge in [0.25, 0.3) is 5.91 Å². The van der Waals surface area contributed by atoms with Gasteiger partial charge in [0.05, 0.1) is 6.61 Å². The van der Waals surface area contributed by atoms with E-state index >= 15 is 0 Å². The zero-order valence-electron chi connectivity index (χ0n) is 9.28. The number of aromatic nitrogens is 1. The lowest BCUT2D eigenvalue weighted by Crippen LogP contribution is -2.25. The summed E-state index contributed by atoms with van der Waals surface area (Å²) in [7, 11) is 1.53. The van der Waals surface area contributed by atoms with Crippen molar-refractivity contribution in [3.63, 3.8) is 0 Å². The van der Waals surface area contributed by atoms with Gasteiger partial charge < -0.3 is 21.5 Å². The van der Waals surface area contributed by atoms with Gasteiger partial charge in [-0.05, 0) is 18.0 Å². The number of hydrogen-bond donors (Lipinski definition) is 4. The summed E-state index contributed by atoms with van der Waals surface area (Å²) in [4.78, 5) is 11.5. The van der Waals surface area contributed by atoms with Crippen LogP contribution in [0.3, 0.4) is 0 Å². The van der Waals surface area contributed by atoms with Crippen molar-refractivity contribution in [2.45, 2.75) is 19.4 Å². The highest BCUT2D eigenvalue weighted by Crippen LogP contribution is 2.27. The van der Waals surface area contributed by atoms with Gasteiger partial charge in [0.15, 0.2) is 5.82 Å². The minimum Gasteiger partial charge on any atom is -0.394 e. The second-order valence-corrected chi connectivity index (χ2v) is 4.06. The minimum absolute atomic E-state index is 0.00148. The van der Waals surface area contributed by atoms with Crippen molar-refractivity contribution >= 4 is 28.3 Å². The number of anilines is 2. The predicted octanol–water partition coefficient (Wildman–Crippen LogP) is 0.268. The third-order valence-electron chi connectivity index (χ3n) is 2.22. The Morgan fingerprint density at radius 1 is 1.69 bits per heavy atom. The molecular weight excluding hydrogens is 228 g/mol. The summed E-state index contributed by atoms with van der Waals surface area (Å²) >= 11 is 1.12. The molecule has 0 saturated carbocycles. The smallest absolute Gasteiger partial charge is 0.257 e. The van der Waals surface area contributed by atoms with E-state index in [1.807, 2.05) is 6.92 Å². The lowest BCUT2D eigenvalue weighted by atomic mass is 10.2. The number of nitrogens with two attached hydrogens (primary N) is 1. The average Bonchev–Trinajstić information content (AvgIpc) is 2.66. The molecule has 0 aromatic carbocycles. The van der Waals surface area contributed by atoms with Gasteiger partial charge in [0.1, 0.15) is 10.6 Å². The third kappa shape index (κ3) is 2.61. The molecule has 0 aliphatic rings. The highest BCUT2D eigenvalue weighted by Gasteiger charge is 2.19. The van der Waals surface area contributed by atoms with Crippen LogP contribution in [0.25, 0.3) is 0 Å². The zero-order chi connectivity index (χ0) is 12.1. The van der Waals surface area contributed by atoms with Crippen LogP contribution < -0.4 is 16.4 Å². The molecule has 0 aliphatic carbocycles. The average molecular weight is 244 g/mol. The van der Waals surface area contributed by atoms with Gasteiger partial charge in [-0.15, -0.1) is 0 Å². The maximum Gasteiger partial charge on any atom is 0.257 e. The van der Waals surface area contributed by atoms with E-state index in [9.17, 15) is 4.79 Å². The molecule has 0 aliphatic heterocycles. The van der Waals surface area contributed by atoms with E-state index < -0.39 is 0 Å². The molecule has 1 rings (SSSR count). The Balaban J connectivity index is 2.92. The summed E-state index contributed by atoms with van der Waals surface area (Å²) in [5.74, 6) is -0.0683. The largest absolute Gasteiger partial charge is 0.394 e. The summed E-state index contributed by atoms with van der Waals surface area (Å²) in [5.41, 5.74) is 5.96. The van der Waals surface area contributed by atoms with E-state index in [0.29, 0.717) is 10.6 Å². The molecule has 0 saturated heterocycles. The van der Waals surface area contributed by atoms with Gasteiger partial charge in [-0.25, -0.2) is 0 Å². The highest BCUT2D eigenvalue weighted by atomic mass is 32.1. The van der Waals surface area contributed by atoms with Crippen LogP contribution in [0.5, 0.6) is 0 Å². The number of carbonyl (C=O) groups is 1. The molecule has 6 nitrogen and oxygen atoms in total. The molecule has 1 heterocycles. The molecular formula is C9H16N4O2S. The monoisotopic (exact) mass is 244 g/mol. The number of rotatable bonds is 5. The van der Waals surface area contributed by atoms with E-state index in [1.54, 1.807) is 0 Å². The molecule has 1 unspecified atom stereocenters. The van der Waals surface area contributed by atoms with Gasteiger partial charge in [0.2, 0.25) is 0 Å². The molecule has 90 valence electrons. The minimum atomic E-state index is -0.276. The molecule has 5 N–H and O–H groups in total. The number of amides is 1. The number of aliphatic hydroxyl groups excluding tert-OH is 1. The molecule has 1 amide bonds. The van der Waals surface area contributed by atoms with Crippen molar-refractivity contribution in [2.24, 2.45) is 0 Å². The first kappa shape index (κ1) is 12.7. The van der Waals surface area contributed by atoms with Gasteiger partial charge >= 0.3 is 0 Å². The van der Waals surface area contributed by atoms with Crippen LogP contribution in [0.15, 0.2) is 0 Å². The maximum absolute atomic E-state index is 11.5. The van der Waals surface area contributed by atoms with Crippen molar-refractivity contribution in [1.29, 1.82) is 0 Å². The Hall–Kier alpha value is -1.34. The topological polar surface area (TPSA) is 100 Å². The fourth-order valence-corrected chi connectivity index (χ4v) is 2.00. The van der Waals surface area contributed by atoms with Gasteiger partial charge in [-0.3, -0.25) is 4.79 Å². The van der Waals surface area contributed by atoms with Crippen LogP contribution in [0.1, 0.15) is 23.7 Å². The van der Waals surface area contributed by atoms with Crippen LogP contribution >= 0.6 is 11.5 Å². The van der Waals surface area contributed by atoms with Crippen molar-refractivity contribution in [2.75, 3.05) is 24.7 Å². The van der Waals surface area contributed by atoms with Crippen LogP contribution in [0.2, 0.25) is 0 Å². The SMILES string of the molecule is CCC(CO)Nc1snc(N)c1C(=O)NC. The van der Waals surface area contributed by atoms with E-state index in [4.69, 9.17) is 10.8 Å². The lowest BCUT2D eigenvalue weighted by Gasteiger charge is -2.14. The Labute approximate surface area is 98.0 Å². The Morgan fingerprint density at radius 2 is 2.38 bits per heavy atom. The molecule has 0 radical (unpaired) electrons. The Morgan fingerprint density at radius 3 is 2.88 bits per heavy atom. The maximum atomic E-state index is 11.5. The standard InChI is InChI=1S/C9H16N4O2S/c1-3-5(4-14)12-9-6(8(15)11-2)7(10)13-16-9/h5,12,14H,3-4H2,1-2H3,(H2,10,13)(H,11,15). The molecule has 1 aromatic heterocycles. The summed E-state index contributed by atoms with van der Waals surface area (Å²) in [6.07, 6.45) is 0.751. The highest BCUT2D eigenvalue weighted by molar-refractivity contribution is 7.11. The molecule has 0 bridgehead atoms. The number of nitrogen functional groups attached to an aromatic ring is 1. The first-order chi connectivity index (χ1) is 7.63. The predicted molar refractivity (Wildman–Crippen MR) is 64.7 cm³/mol. The normalized spacial score (nSPS) is 12.2. The van der Waals surface area contributed by atoms with Crippen LogP contribution in [-0.4, -0.2) is 35.1 Å². The van der Waals surface area contributed by atoms with Gasteiger partial charge in [-0.1, -0.05) is 6.92 Å². The number of nitrogens with zero attached hydrogens (tertiary/aromatic N) is 1. The summed E-state index contributed by atoms with van der Waals surface area (Å²) in [5, 5.41) is 15.2. The van der Waals surface area contributed by atoms with Crippen LogP contribution in [0, 0.1) is 0 Å². The zero-order valence-corrected chi connectivity index (χ0v) is 10.1.